The molecule has 0 radical (unpaired) electrons. The van der Waals surface area contributed by atoms with E-state index in [-0.39, 0.29) is 0 Å². The number of aliphatic hydroxyl groups is 1. The molecule has 3 N–H and O–H groups in total. The van der Waals surface area contributed by atoms with Gasteiger partial charge in [-0.2, -0.15) is 0 Å². The molecule has 0 amide bonds. The van der Waals surface area contributed by atoms with Crippen molar-refractivity contribution in [3.05, 3.63) is 0 Å². The highest BCUT2D eigenvalue weighted by atomic mass is 31.2. The molecule has 1 aliphatic rings. The van der Waals surface area contributed by atoms with Crippen LogP contribution in [-0.4, -0.2) is 20.7 Å². The van der Waals surface area contributed by atoms with Crippen LogP contribution in [-0.2, 0) is 9.09 Å². The van der Waals surface area contributed by atoms with E-state index in [0.29, 0.717) is 12.8 Å². The van der Waals surface area contributed by atoms with Gasteiger partial charge >= 0.3 is 7.82 Å². The fourth-order valence-corrected chi connectivity index (χ4v) is 2.04. The molecule has 0 aliphatic heterocycles. The standard InChI is InChI=1S/C6H13O5P/c7-6(11-12(8,9)10)4-2-1-3-5-6/h7H,1-5H2,(H2,8,9,10). The van der Waals surface area contributed by atoms with E-state index in [2.05, 4.69) is 4.52 Å². The van der Waals surface area contributed by atoms with Crippen LogP contribution < -0.4 is 0 Å². The number of phosphoric ester groups is 1. The second-order valence-corrected chi connectivity index (χ2v) is 4.25. The van der Waals surface area contributed by atoms with Crippen molar-refractivity contribution in [1.82, 2.24) is 0 Å². The highest BCUT2D eigenvalue weighted by Gasteiger charge is 2.36. The molecular weight excluding hydrogens is 183 g/mol. The first-order valence-electron chi connectivity index (χ1n) is 3.90. The molecule has 1 aliphatic carbocycles. The van der Waals surface area contributed by atoms with Crippen LogP contribution in [0.2, 0.25) is 0 Å². The average molecular weight is 196 g/mol. The lowest BCUT2D eigenvalue weighted by Gasteiger charge is -2.31. The summed E-state index contributed by atoms with van der Waals surface area (Å²) in [6.07, 6.45) is 3.08. The van der Waals surface area contributed by atoms with Crippen LogP contribution in [0.3, 0.4) is 0 Å². The molecule has 0 bridgehead atoms. The Kier molecular flexibility index (Phi) is 2.91. The zero-order chi connectivity index (χ0) is 9.24. The molecule has 12 heavy (non-hydrogen) atoms. The SMILES string of the molecule is O=P(O)(O)OC1(O)CCCCC1. The molecule has 5 nitrogen and oxygen atoms in total. The Morgan fingerprint density at radius 1 is 1.17 bits per heavy atom. The van der Waals surface area contributed by atoms with Crippen LogP contribution in [0.4, 0.5) is 0 Å². The summed E-state index contributed by atoms with van der Waals surface area (Å²) in [5.41, 5.74) is 0. The third-order valence-corrected chi connectivity index (χ3v) is 2.50. The highest BCUT2D eigenvalue weighted by Crippen LogP contribution is 2.45. The Hall–Kier alpha value is 0.0700. The van der Waals surface area contributed by atoms with Crippen molar-refractivity contribution in [2.45, 2.75) is 37.9 Å². The molecule has 0 aromatic heterocycles. The highest BCUT2D eigenvalue weighted by molar-refractivity contribution is 7.46. The minimum atomic E-state index is -4.55. The van der Waals surface area contributed by atoms with Gasteiger partial charge in [-0.1, -0.05) is 6.42 Å². The molecule has 72 valence electrons. The fourth-order valence-electron chi connectivity index (χ4n) is 1.42. The molecule has 0 heterocycles. The first kappa shape index (κ1) is 10.2. The first-order chi connectivity index (χ1) is 5.41. The maximum atomic E-state index is 10.4. The summed E-state index contributed by atoms with van der Waals surface area (Å²) < 4.78 is 14.7. The Labute approximate surface area is 70.6 Å². The summed E-state index contributed by atoms with van der Waals surface area (Å²) in [6.45, 7) is 0. The maximum absolute atomic E-state index is 10.4. The van der Waals surface area contributed by atoms with Gasteiger partial charge in [0, 0.05) is 12.8 Å². The lowest BCUT2D eigenvalue weighted by molar-refractivity contribution is -0.169. The van der Waals surface area contributed by atoms with E-state index < -0.39 is 13.6 Å². The third kappa shape index (κ3) is 3.21. The summed E-state index contributed by atoms with van der Waals surface area (Å²) in [6, 6.07) is 0. The second kappa shape index (κ2) is 3.44. The monoisotopic (exact) mass is 196 g/mol. The summed E-state index contributed by atoms with van der Waals surface area (Å²) in [4.78, 5) is 16.9. The Morgan fingerprint density at radius 2 is 1.67 bits per heavy atom. The van der Waals surface area contributed by atoms with Crippen LogP contribution in [0.25, 0.3) is 0 Å². The van der Waals surface area contributed by atoms with Gasteiger partial charge in [0.25, 0.3) is 0 Å². The van der Waals surface area contributed by atoms with Crippen LogP contribution >= 0.6 is 7.82 Å². The predicted octanol–water partition coefficient (Wildman–Crippen LogP) is 0.748. The van der Waals surface area contributed by atoms with Gasteiger partial charge in [0.05, 0.1) is 0 Å². The Balaban J connectivity index is 2.53. The van der Waals surface area contributed by atoms with Gasteiger partial charge in [0.15, 0.2) is 5.79 Å². The van der Waals surface area contributed by atoms with E-state index in [9.17, 15) is 9.67 Å². The molecule has 6 heteroatoms. The zero-order valence-electron chi connectivity index (χ0n) is 6.64. The summed E-state index contributed by atoms with van der Waals surface area (Å²) in [7, 11) is -4.55. The zero-order valence-corrected chi connectivity index (χ0v) is 7.54. The lowest BCUT2D eigenvalue weighted by atomic mass is 9.95. The minimum Gasteiger partial charge on any atom is -0.365 e. The maximum Gasteiger partial charge on any atom is 0.472 e. The van der Waals surface area contributed by atoms with Crippen LogP contribution in [0.5, 0.6) is 0 Å². The van der Waals surface area contributed by atoms with E-state index in [1.54, 1.807) is 0 Å². The van der Waals surface area contributed by atoms with Crippen molar-refractivity contribution in [2.75, 3.05) is 0 Å². The smallest absolute Gasteiger partial charge is 0.365 e. The second-order valence-electron chi connectivity index (χ2n) is 3.09. The van der Waals surface area contributed by atoms with E-state index in [0.717, 1.165) is 19.3 Å². The normalized spacial score (nSPS) is 23.9. The number of phosphoric acid groups is 1. The van der Waals surface area contributed by atoms with E-state index in [4.69, 9.17) is 9.79 Å². The average Bonchev–Trinajstić information content (AvgIpc) is 1.83. The van der Waals surface area contributed by atoms with Crippen molar-refractivity contribution >= 4 is 7.82 Å². The van der Waals surface area contributed by atoms with Gasteiger partial charge in [-0.05, 0) is 12.8 Å². The largest absolute Gasteiger partial charge is 0.472 e. The van der Waals surface area contributed by atoms with E-state index >= 15 is 0 Å². The fraction of sp³-hybridized carbons (Fsp3) is 1.00. The molecule has 0 aromatic rings. The molecule has 0 spiro atoms. The Morgan fingerprint density at radius 3 is 2.08 bits per heavy atom. The van der Waals surface area contributed by atoms with Crippen molar-refractivity contribution < 1.29 is 24.0 Å². The molecular formula is C6H13O5P. The van der Waals surface area contributed by atoms with Gasteiger partial charge in [0.1, 0.15) is 0 Å². The molecule has 1 fully saturated rings. The molecule has 0 aromatic carbocycles. The van der Waals surface area contributed by atoms with Gasteiger partial charge in [0.2, 0.25) is 0 Å². The minimum absolute atomic E-state index is 0.304. The van der Waals surface area contributed by atoms with Gasteiger partial charge in [-0.25, -0.2) is 4.57 Å². The molecule has 0 atom stereocenters. The molecule has 0 unspecified atom stereocenters. The summed E-state index contributed by atoms with van der Waals surface area (Å²) in [5.74, 6) is -1.60. The van der Waals surface area contributed by atoms with Gasteiger partial charge in [-0.3, -0.25) is 4.52 Å². The topological polar surface area (TPSA) is 87.0 Å². The van der Waals surface area contributed by atoms with Crippen LogP contribution in [0, 0.1) is 0 Å². The number of hydrogen-bond donors (Lipinski definition) is 3. The van der Waals surface area contributed by atoms with Crippen molar-refractivity contribution in [2.24, 2.45) is 0 Å². The number of rotatable bonds is 2. The predicted molar refractivity (Wildman–Crippen MR) is 41.2 cm³/mol. The van der Waals surface area contributed by atoms with Crippen molar-refractivity contribution in [3.8, 4) is 0 Å². The molecule has 0 saturated heterocycles. The molecule has 1 saturated carbocycles. The lowest BCUT2D eigenvalue weighted by Crippen LogP contribution is -2.33. The van der Waals surface area contributed by atoms with Gasteiger partial charge < -0.3 is 14.9 Å². The summed E-state index contributed by atoms with van der Waals surface area (Å²) in [5, 5.41) is 9.49. The molecule has 1 rings (SSSR count). The van der Waals surface area contributed by atoms with E-state index in [1.165, 1.54) is 0 Å². The van der Waals surface area contributed by atoms with Crippen molar-refractivity contribution in [1.29, 1.82) is 0 Å². The van der Waals surface area contributed by atoms with Crippen LogP contribution in [0.15, 0.2) is 0 Å². The number of hydrogen-bond acceptors (Lipinski definition) is 3. The Bertz CT molecular complexity index is 192. The van der Waals surface area contributed by atoms with Crippen LogP contribution in [0.1, 0.15) is 32.1 Å². The third-order valence-electron chi connectivity index (χ3n) is 1.92. The van der Waals surface area contributed by atoms with E-state index in [1.807, 2.05) is 0 Å². The van der Waals surface area contributed by atoms with Gasteiger partial charge in [-0.15, -0.1) is 0 Å². The summed E-state index contributed by atoms with van der Waals surface area (Å²) >= 11 is 0. The first-order valence-corrected chi connectivity index (χ1v) is 5.43. The quantitative estimate of drug-likeness (QED) is 0.448. The van der Waals surface area contributed by atoms with Crippen molar-refractivity contribution in [3.63, 3.8) is 0 Å².